The second-order valence-electron chi connectivity index (χ2n) is 6.49. The van der Waals surface area contributed by atoms with E-state index in [1.165, 1.54) is 10.4 Å². The average Bonchev–Trinajstić information content (AvgIpc) is 3.05. The molecule has 1 aromatic heterocycles. The van der Waals surface area contributed by atoms with Gasteiger partial charge in [0.2, 0.25) is 5.91 Å². The Bertz CT molecular complexity index is 924. The average molecular weight is 413 g/mol. The van der Waals surface area contributed by atoms with Gasteiger partial charge in [-0.15, -0.1) is 11.3 Å². The molecule has 2 heterocycles. The van der Waals surface area contributed by atoms with Crippen molar-refractivity contribution in [2.24, 2.45) is 0 Å². The molecule has 8 heteroatoms. The van der Waals surface area contributed by atoms with Gasteiger partial charge in [-0.25, -0.2) is 8.42 Å². The van der Waals surface area contributed by atoms with Crippen LogP contribution < -0.4 is 5.32 Å². The monoisotopic (exact) mass is 412 g/mol. The summed E-state index contributed by atoms with van der Waals surface area (Å²) in [4.78, 5) is 12.9. The largest absolute Gasteiger partial charge is 0.324 e. The van der Waals surface area contributed by atoms with Gasteiger partial charge in [0.05, 0.1) is 4.34 Å². The molecule has 1 fully saturated rings. The third-order valence-corrected chi connectivity index (χ3v) is 8.13. The van der Waals surface area contributed by atoms with Crippen LogP contribution in [0.3, 0.4) is 0 Å². The van der Waals surface area contributed by atoms with E-state index in [1.807, 2.05) is 32.0 Å². The van der Waals surface area contributed by atoms with Crippen molar-refractivity contribution in [3.8, 4) is 0 Å². The number of hydrogen-bond acceptors (Lipinski definition) is 4. The van der Waals surface area contributed by atoms with E-state index in [2.05, 4.69) is 5.32 Å². The number of rotatable bonds is 4. The van der Waals surface area contributed by atoms with Crippen LogP contribution in [0, 0.1) is 13.8 Å². The van der Waals surface area contributed by atoms with Crippen molar-refractivity contribution < 1.29 is 13.2 Å². The summed E-state index contributed by atoms with van der Waals surface area (Å²) in [5, 5.41) is 2.91. The quantitative estimate of drug-likeness (QED) is 0.818. The molecule has 2 aromatic rings. The van der Waals surface area contributed by atoms with E-state index < -0.39 is 16.1 Å². The van der Waals surface area contributed by atoms with Crippen molar-refractivity contribution in [1.82, 2.24) is 4.31 Å². The number of carbonyl (C=O) groups is 1. The van der Waals surface area contributed by atoms with Crippen LogP contribution in [0.2, 0.25) is 4.34 Å². The van der Waals surface area contributed by atoms with Crippen LogP contribution in [0.4, 0.5) is 5.69 Å². The number of anilines is 1. The van der Waals surface area contributed by atoms with Crippen LogP contribution in [0.25, 0.3) is 0 Å². The molecule has 140 valence electrons. The number of nitrogens with one attached hydrogen (secondary N) is 1. The zero-order valence-electron chi connectivity index (χ0n) is 14.7. The van der Waals surface area contributed by atoms with Crippen LogP contribution in [-0.4, -0.2) is 31.2 Å². The second-order valence-corrected chi connectivity index (χ2v) is 10.3. The second kappa shape index (κ2) is 7.68. The van der Waals surface area contributed by atoms with Crippen LogP contribution in [0.1, 0.15) is 30.4 Å². The number of carbonyl (C=O) groups excluding carboxylic acids is 1. The number of nitrogens with zero attached hydrogens (tertiary/aromatic N) is 1. The summed E-state index contributed by atoms with van der Waals surface area (Å²) in [7, 11) is -3.74. The Labute approximate surface area is 163 Å². The topological polar surface area (TPSA) is 66.5 Å². The predicted octanol–water partition coefficient (Wildman–Crippen LogP) is 4.20. The van der Waals surface area contributed by atoms with Crippen molar-refractivity contribution in [2.45, 2.75) is 43.4 Å². The summed E-state index contributed by atoms with van der Waals surface area (Å²) < 4.78 is 27.9. The molecule has 0 saturated carbocycles. The number of benzene rings is 1. The summed E-state index contributed by atoms with van der Waals surface area (Å²) in [6.45, 7) is 4.20. The molecule has 0 spiro atoms. The van der Waals surface area contributed by atoms with Crippen LogP contribution in [0.15, 0.2) is 34.5 Å². The Morgan fingerprint density at radius 1 is 1.23 bits per heavy atom. The highest BCUT2D eigenvalue weighted by atomic mass is 35.5. The molecule has 0 radical (unpaired) electrons. The lowest BCUT2D eigenvalue weighted by Crippen LogP contribution is -2.49. The molecule has 1 atom stereocenters. The zero-order chi connectivity index (χ0) is 18.9. The SMILES string of the molecule is Cc1ccc(C)c(NC(=O)[C@H]2CCCCN2S(=O)(=O)c2ccc(Cl)s2)c1. The van der Waals surface area contributed by atoms with Crippen LogP contribution in [-0.2, 0) is 14.8 Å². The maximum absolute atomic E-state index is 13.0. The van der Waals surface area contributed by atoms with Crippen molar-refractivity contribution in [3.05, 3.63) is 45.8 Å². The molecule has 1 aliphatic heterocycles. The number of hydrogen-bond donors (Lipinski definition) is 1. The lowest BCUT2D eigenvalue weighted by atomic mass is 10.0. The first-order valence-corrected chi connectivity index (χ1v) is 11.1. The molecule has 1 aliphatic rings. The fourth-order valence-corrected chi connectivity index (χ4v) is 6.36. The minimum absolute atomic E-state index is 0.175. The zero-order valence-corrected chi connectivity index (χ0v) is 17.0. The molecule has 1 aromatic carbocycles. The van der Waals surface area contributed by atoms with Gasteiger partial charge in [-0.2, -0.15) is 4.31 Å². The number of sulfonamides is 1. The molecular formula is C18H21ClN2O3S2. The van der Waals surface area contributed by atoms with E-state index in [0.29, 0.717) is 17.3 Å². The first kappa shape index (κ1) is 19.4. The van der Waals surface area contributed by atoms with Gasteiger partial charge >= 0.3 is 0 Å². The van der Waals surface area contributed by atoms with Gasteiger partial charge in [0.15, 0.2) is 0 Å². The van der Waals surface area contributed by atoms with E-state index in [1.54, 1.807) is 6.07 Å². The van der Waals surface area contributed by atoms with E-state index >= 15 is 0 Å². The molecule has 3 rings (SSSR count). The van der Waals surface area contributed by atoms with Crippen molar-refractivity contribution in [1.29, 1.82) is 0 Å². The van der Waals surface area contributed by atoms with Gasteiger partial charge in [-0.05, 0) is 56.0 Å². The Morgan fingerprint density at radius 3 is 2.69 bits per heavy atom. The number of halogens is 1. The van der Waals surface area contributed by atoms with E-state index in [0.717, 1.165) is 41.0 Å². The van der Waals surface area contributed by atoms with Crippen molar-refractivity contribution in [3.63, 3.8) is 0 Å². The standard InChI is InChI=1S/C18H21ClN2O3S2/c1-12-6-7-13(2)14(11-12)20-18(22)15-5-3-4-10-21(15)26(23,24)17-9-8-16(19)25-17/h6-9,11,15H,3-5,10H2,1-2H3,(H,20,22)/t15-/m1/s1. The smallest absolute Gasteiger partial charge is 0.253 e. The molecule has 0 unspecified atom stereocenters. The van der Waals surface area contributed by atoms with E-state index in [-0.39, 0.29) is 10.1 Å². The number of aryl methyl sites for hydroxylation is 2. The fraction of sp³-hybridized carbons (Fsp3) is 0.389. The summed E-state index contributed by atoms with van der Waals surface area (Å²) in [5.74, 6) is -0.287. The summed E-state index contributed by atoms with van der Waals surface area (Å²) in [6.07, 6.45) is 2.07. The Morgan fingerprint density at radius 2 is 2.00 bits per heavy atom. The summed E-state index contributed by atoms with van der Waals surface area (Å²) >= 11 is 6.91. The Hall–Kier alpha value is -1.41. The molecule has 1 amide bonds. The molecule has 1 N–H and O–H groups in total. The van der Waals surface area contributed by atoms with Gasteiger partial charge in [0.25, 0.3) is 10.0 Å². The first-order chi connectivity index (χ1) is 12.3. The molecular weight excluding hydrogens is 392 g/mol. The maximum Gasteiger partial charge on any atom is 0.253 e. The van der Waals surface area contributed by atoms with E-state index in [9.17, 15) is 13.2 Å². The fourth-order valence-electron chi connectivity index (χ4n) is 3.09. The summed E-state index contributed by atoms with van der Waals surface area (Å²) in [6, 6.07) is 8.16. The number of amides is 1. The summed E-state index contributed by atoms with van der Waals surface area (Å²) in [5.41, 5.74) is 2.70. The predicted molar refractivity (Wildman–Crippen MR) is 105 cm³/mol. The minimum Gasteiger partial charge on any atom is -0.324 e. The number of piperidine rings is 1. The van der Waals surface area contributed by atoms with Gasteiger partial charge in [-0.3, -0.25) is 4.79 Å². The van der Waals surface area contributed by atoms with Crippen LogP contribution >= 0.6 is 22.9 Å². The van der Waals surface area contributed by atoms with Crippen molar-refractivity contribution >= 4 is 44.6 Å². The van der Waals surface area contributed by atoms with Crippen LogP contribution in [0.5, 0.6) is 0 Å². The molecule has 5 nitrogen and oxygen atoms in total. The van der Waals surface area contributed by atoms with E-state index in [4.69, 9.17) is 11.6 Å². The normalized spacial score (nSPS) is 18.7. The Kier molecular flexibility index (Phi) is 5.72. The molecule has 1 saturated heterocycles. The lowest BCUT2D eigenvalue weighted by Gasteiger charge is -2.33. The minimum atomic E-state index is -3.74. The number of thiophene rings is 1. The molecule has 0 bridgehead atoms. The highest BCUT2D eigenvalue weighted by Crippen LogP contribution is 2.32. The third kappa shape index (κ3) is 3.96. The molecule has 0 aliphatic carbocycles. The lowest BCUT2D eigenvalue weighted by molar-refractivity contribution is -0.120. The van der Waals surface area contributed by atoms with Gasteiger partial charge in [0.1, 0.15) is 10.3 Å². The van der Waals surface area contributed by atoms with Gasteiger partial charge in [-0.1, -0.05) is 30.2 Å². The highest BCUT2D eigenvalue weighted by Gasteiger charge is 2.38. The first-order valence-electron chi connectivity index (χ1n) is 8.44. The third-order valence-electron chi connectivity index (χ3n) is 4.52. The molecule has 26 heavy (non-hydrogen) atoms. The Balaban J connectivity index is 1.87. The van der Waals surface area contributed by atoms with Crippen molar-refractivity contribution in [2.75, 3.05) is 11.9 Å². The maximum atomic E-state index is 13.0. The van der Waals surface area contributed by atoms with Gasteiger partial charge < -0.3 is 5.32 Å². The highest BCUT2D eigenvalue weighted by molar-refractivity contribution is 7.91. The van der Waals surface area contributed by atoms with Gasteiger partial charge in [0, 0.05) is 12.2 Å².